The van der Waals surface area contributed by atoms with Crippen LogP contribution in [-0.2, 0) is 9.63 Å². The van der Waals surface area contributed by atoms with Gasteiger partial charge in [0.15, 0.2) is 0 Å². The third kappa shape index (κ3) is 2.33. The molecule has 1 aromatic carbocycles. The highest BCUT2D eigenvalue weighted by Gasteiger charge is 2.57. The molecule has 0 amide bonds. The number of aliphatic carboxylic acids is 1. The highest BCUT2D eigenvalue weighted by atomic mass is 19.1. The second kappa shape index (κ2) is 5.13. The summed E-state index contributed by atoms with van der Waals surface area (Å²) in [5, 5.41) is 22.1. The van der Waals surface area contributed by atoms with E-state index in [-0.39, 0.29) is 17.2 Å². The van der Waals surface area contributed by atoms with Gasteiger partial charge in [-0.25, -0.2) is 13.6 Å². The number of carboxylic acids is 1. The van der Waals surface area contributed by atoms with Gasteiger partial charge >= 0.3 is 11.6 Å². The number of carbonyl (C=O) groups is 1. The van der Waals surface area contributed by atoms with Crippen LogP contribution >= 0.6 is 0 Å². The Morgan fingerprint density at radius 3 is 2.43 bits per heavy atom. The van der Waals surface area contributed by atoms with Gasteiger partial charge in [-0.3, -0.25) is 0 Å². The minimum absolute atomic E-state index is 0.0485. The molecule has 1 aliphatic heterocycles. The average molecular weight is 294 g/mol. The molecule has 0 bridgehead atoms. The summed E-state index contributed by atoms with van der Waals surface area (Å²) in [6.07, 6.45) is 0. The Bertz CT molecular complexity index is 646. The van der Waals surface area contributed by atoms with E-state index in [9.17, 15) is 23.9 Å². The van der Waals surface area contributed by atoms with Crippen LogP contribution in [0.2, 0.25) is 0 Å². The number of hydrogen-bond acceptors (Lipinski definition) is 4. The minimum Gasteiger partial charge on any atom is -0.477 e. The van der Waals surface area contributed by atoms with Crippen molar-refractivity contribution < 1.29 is 23.5 Å². The largest absolute Gasteiger partial charge is 0.477 e. The maximum absolute atomic E-state index is 13.3. The van der Waals surface area contributed by atoms with E-state index in [0.717, 1.165) is 12.1 Å². The van der Waals surface area contributed by atoms with Crippen LogP contribution in [0.4, 0.5) is 8.78 Å². The molecule has 0 aliphatic carbocycles. The third-order valence-corrected chi connectivity index (χ3v) is 3.33. The number of rotatable bonds is 3. The van der Waals surface area contributed by atoms with Crippen molar-refractivity contribution >= 4 is 11.7 Å². The summed E-state index contributed by atoms with van der Waals surface area (Å²) in [5.41, 5.74) is -2.08. The first-order valence-corrected chi connectivity index (χ1v) is 6.19. The molecule has 2 atom stereocenters. The zero-order valence-corrected chi connectivity index (χ0v) is 11.3. The van der Waals surface area contributed by atoms with E-state index in [2.05, 4.69) is 5.16 Å². The molecule has 0 saturated heterocycles. The van der Waals surface area contributed by atoms with Crippen molar-refractivity contribution in [3.05, 3.63) is 35.4 Å². The fourth-order valence-electron chi connectivity index (χ4n) is 2.46. The molecule has 2 unspecified atom stereocenters. The standard InChI is InChI=1S/C14H12F2N2O3/c1-7(2)11-12(8-3-9(15)5-10(16)4-8)18-21-14(11,6-17)13(19)20/h3-5,7,11H,1-2H3,(H,19,20). The number of carboxylic acid groups (broad SMARTS) is 1. The molecule has 0 aromatic heterocycles. The zero-order chi connectivity index (χ0) is 15.8. The molecule has 5 nitrogen and oxygen atoms in total. The SMILES string of the molecule is CC(C)C1C(c2cc(F)cc(F)c2)=NOC1(C#N)C(=O)O. The van der Waals surface area contributed by atoms with E-state index in [1.807, 2.05) is 0 Å². The maximum atomic E-state index is 13.3. The topological polar surface area (TPSA) is 82.7 Å². The monoisotopic (exact) mass is 294 g/mol. The third-order valence-electron chi connectivity index (χ3n) is 3.33. The smallest absolute Gasteiger partial charge is 0.366 e. The predicted octanol–water partition coefficient (Wildman–Crippen LogP) is 2.32. The quantitative estimate of drug-likeness (QED) is 0.927. The van der Waals surface area contributed by atoms with Crippen LogP contribution in [0.25, 0.3) is 0 Å². The first-order chi connectivity index (χ1) is 9.81. The molecule has 0 radical (unpaired) electrons. The summed E-state index contributed by atoms with van der Waals surface area (Å²) in [4.78, 5) is 16.3. The van der Waals surface area contributed by atoms with E-state index >= 15 is 0 Å². The Morgan fingerprint density at radius 2 is 2.00 bits per heavy atom. The lowest BCUT2D eigenvalue weighted by atomic mass is 9.76. The van der Waals surface area contributed by atoms with Crippen molar-refractivity contribution in [3.8, 4) is 6.07 Å². The van der Waals surface area contributed by atoms with Gasteiger partial charge in [-0.05, 0) is 18.1 Å². The first-order valence-electron chi connectivity index (χ1n) is 6.19. The number of nitriles is 1. The highest BCUT2D eigenvalue weighted by Crippen LogP contribution is 2.38. The van der Waals surface area contributed by atoms with Gasteiger partial charge in [0, 0.05) is 11.6 Å². The number of nitrogens with zero attached hydrogens (tertiary/aromatic N) is 2. The fourth-order valence-corrected chi connectivity index (χ4v) is 2.46. The van der Waals surface area contributed by atoms with Crippen molar-refractivity contribution in [2.24, 2.45) is 17.0 Å². The number of benzene rings is 1. The lowest BCUT2D eigenvalue weighted by molar-refractivity contribution is -0.160. The van der Waals surface area contributed by atoms with E-state index in [1.165, 1.54) is 0 Å². The average Bonchev–Trinajstić information content (AvgIpc) is 2.78. The van der Waals surface area contributed by atoms with E-state index in [4.69, 9.17) is 4.84 Å². The van der Waals surface area contributed by atoms with Gasteiger partial charge in [0.05, 0.1) is 11.6 Å². The van der Waals surface area contributed by atoms with Crippen LogP contribution in [0.1, 0.15) is 19.4 Å². The summed E-state index contributed by atoms with van der Waals surface area (Å²) in [6, 6.07) is 4.35. The van der Waals surface area contributed by atoms with Crippen LogP contribution < -0.4 is 0 Å². The van der Waals surface area contributed by atoms with Crippen molar-refractivity contribution in [1.29, 1.82) is 5.26 Å². The number of oxime groups is 1. The van der Waals surface area contributed by atoms with E-state index in [0.29, 0.717) is 6.07 Å². The second-order valence-electron chi connectivity index (χ2n) is 5.10. The van der Waals surface area contributed by atoms with Crippen molar-refractivity contribution in [3.63, 3.8) is 0 Å². The van der Waals surface area contributed by atoms with Gasteiger partial charge < -0.3 is 9.94 Å². The van der Waals surface area contributed by atoms with Crippen LogP contribution in [-0.4, -0.2) is 22.4 Å². The molecule has 110 valence electrons. The Balaban J connectivity index is 2.55. The minimum atomic E-state index is -2.19. The first kappa shape index (κ1) is 14.9. The van der Waals surface area contributed by atoms with E-state index in [1.54, 1.807) is 19.9 Å². The summed E-state index contributed by atoms with van der Waals surface area (Å²) >= 11 is 0. The van der Waals surface area contributed by atoms with Gasteiger partial charge in [-0.2, -0.15) is 5.26 Å². The highest BCUT2D eigenvalue weighted by molar-refractivity contribution is 6.07. The Kier molecular flexibility index (Phi) is 3.64. The lowest BCUT2D eigenvalue weighted by Gasteiger charge is -2.25. The molecular weight excluding hydrogens is 282 g/mol. The van der Waals surface area contributed by atoms with Gasteiger partial charge in [0.2, 0.25) is 0 Å². The molecule has 0 saturated carbocycles. The van der Waals surface area contributed by atoms with Gasteiger partial charge in [0.25, 0.3) is 0 Å². The lowest BCUT2D eigenvalue weighted by Crippen LogP contribution is -2.47. The van der Waals surface area contributed by atoms with Crippen molar-refractivity contribution in [2.75, 3.05) is 0 Å². The molecule has 1 N–H and O–H groups in total. The number of halogens is 2. The van der Waals surface area contributed by atoms with Gasteiger partial charge in [-0.15, -0.1) is 0 Å². The normalized spacial score (nSPS) is 24.4. The molecule has 7 heteroatoms. The molecule has 1 aromatic rings. The van der Waals surface area contributed by atoms with Crippen molar-refractivity contribution in [1.82, 2.24) is 0 Å². The molecular formula is C14H12F2N2O3. The van der Waals surface area contributed by atoms with Crippen LogP contribution in [0.3, 0.4) is 0 Å². The van der Waals surface area contributed by atoms with Gasteiger partial charge in [-0.1, -0.05) is 19.0 Å². The zero-order valence-electron chi connectivity index (χ0n) is 11.3. The fraction of sp³-hybridized carbons (Fsp3) is 0.357. The Hall–Kier alpha value is -2.49. The predicted molar refractivity (Wildman–Crippen MR) is 68.3 cm³/mol. The number of hydrogen-bond donors (Lipinski definition) is 1. The second-order valence-corrected chi connectivity index (χ2v) is 5.10. The maximum Gasteiger partial charge on any atom is 0.366 e. The Labute approximate surface area is 119 Å². The van der Waals surface area contributed by atoms with Crippen LogP contribution in [0.5, 0.6) is 0 Å². The van der Waals surface area contributed by atoms with E-state index < -0.39 is 29.1 Å². The molecule has 21 heavy (non-hydrogen) atoms. The van der Waals surface area contributed by atoms with Gasteiger partial charge in [0.1, 0.15) is 17.7 Å². The van der Waals surface area contributed by atoms with Crippen LogP contribution in [0.15, 0.2) is 23.4 Å². The van der Waals surface area contributed by atoms with Crippen LogP contribution in [0, 0.1) is 34.8 Å². The summed E-state index contributed by atoms with van der Waals surface area (Å²) < 4.78 is 26.7. The summed E-state index contributed by atoms with van der Waals surface area (Å²) in [6.45, 7) is 3.36. The molecule has 2 rings (SSSR count). The summed E-state index contributed by atoms with van der Waals surface area (Å²) in [7, 11) is 0. The summed E-state index contributed by atoms with van der Waals surface area (Å²) in [5.74, 6) is -4.41. The molecule has 0 fully saturated rings. The molecule has 0 spiro atoms. The molecule has 1 heterocycles. The Morgan fingerprint density at radius 1 is 1.43 bits per heavy atom. The van der Waals surface area contributed by atoms with Crippen molar-refractivity contribution in [2.45, 2.75) is 19.4 Å². The molecule has 1 aliphatic rings.